The lowest BCUT2D eigenvalue weighted by Crippen LogP contribution is -2.40. The Balaban J connectivity index is 1.73. The molecule has 0 aromatic heterocycles. The number of carbonyl (C=O) groups excluding carboxylic acids is 2. The second-order valence-corrected chi connectivity index (χ2v) is 6.84. The number of morpholine rings is 1. The summed E-state index contributed by atoms with van der Waals surface area (Å²) < 4.78 is 24.7. The van der Waals surface area contributed by atoms with E-state index in [-0.39, 0.29) is 6.54 Å². The van der Waals surface area contributed by atoms with E-state index in [4.69, 9.17) is 9.47 Å². The molecule has 1 fully saturated rings. The number of nitrogens with zero attached hydrogens (tertiary/aromatic N) is 2. The standard InChI is InChI=1S/C22H21FN2O4/c1-28-17-8-6-15(7-9-17)19-20(24-10-12-29-13-11-24)22(27)25(21(19)26)14-16-4-2-3-5-18(16)23/h2-9H,10-14H2,1H3. The smallest absolute Gasteiger partial charge is 0.278 e. The zero-order chi connectivity index (χ0) is 20.4. The van der Waals surface area contributed by atoms with Gasteiger partial charge in [0.05, 0.1) is 32.4 Å². The molecule has 0 aliphatic carbocycles. The number of methoxy groups -OCH3 is 1. The molecule has 0 saturated carbocycles. The Morgan fingerprint density at radius 2 is 1.69 bits per heavy atom. The first-order valence-electron chi connectivity index (χ1n) is 9.41. The summed E-state index contributed by atoms with van der Waals surface area (Å²) in [5.41, 5.74) is 1.60. The van der Waals surface area contributed by atoms with Crippen LogP contribution in [0.4, 0.5) is 4.39 Å². The van der Waals surface area contributed by atoms with E-state index in [1.54, 1.807) is 49.6 Å². The van der Waals surface area contributed by atoms with Crippen LogP contribution in [0, 0.1) is 5.82 Å². The van der Waals surface area contributed by atoms with Crippen molar-refractivity contribution in [1.29, 1.82) is 0 Å². The lowest BCUT2D eigenvalue weighted by molar-refractivity contribution is -0.138. The molecule has 0 unspecified atom stereocenters. The summed E-state index contributed by atoms with van der Waals surface area (Å²) in [5, 5.41) is 0. The fourth-order valence-corrected chi connectivity index (χ4v) is 3.60. The van der Waals surface area contributed by atoms with Crippen molar-refractivity contribution in [2.45, 2.75) is 6.54 Å². The van der Waals surface area contributed by atoms with E-state index in [9.17, 15) is 14.0 Å². The second kappa shape index (κ2) is 8.05. The van der Waals surface area contributed by atoms with Crippen molar-refractivity contribution in [2.75, 3.05) is 33.4 Å². The van der Waals surface area contributed by atoms with Gasteiger partial charge in [-0.05, 0) is 23.8 Å². The third-order valence-corrected chi connectivity index (χ3v) is 5.14. The molecule has 0 radical (unpaired) electrons. The number of benzene rings is 2. The number of halogens is 1. The Hall–Kier alpha value is -3.19. The van der Waals surface area contributed by atoms with Crippen LogP contribution in [0.25, 0.3) is 5.57 Å². The highest BCUT2D eigenvalue weighted by atomic mass is 19.1. The predicted molar refractivity (Wildman–Crippen MR) is 104 cm³/mol. The van der Waals surface area contributed by atoms with Gasteiger partial charge in [-0.1, -0.05) is 30.3 Å². The monoisotopic (exact) mass is 396 g/mol. The van der Waals surface area contributed by atoms with Crippen molar-refractivity contribution in [3.8, 4) is 5.75 Å². The first-order chi connectivity index (χ1) is 14.1. The minimum absolute atomic E-state index is 0.113. The number of imide groups is 1. The van der Waals surface area contributed by atoms with Crippen LogP contribution in [0.5, 0.6) is 5.75 Å². The maximum absolute atomic E-state index is 14.1. The van der Waals surface area contributed by atoms with Gasteiger partial charge < -0.3 is 14.4 Å². The molecule has 4 rings (SSSR count). The first-order valence-corrected chi connectivity index (χ1v) is 9.41. The summed E-state index contributed by atoms with van der Waals surface area (Å²) in [6, 6.07) is 13.2. The van der Waals surface area contributed by atoms with Crippen LogP contribution < -0.4 is 4.74 Å². The molecule has 0 N–H and O–H groups in total. The molecule has 2 heterocycles. The van der Waals surface area contributed by atoms with Gasteiger partial charge >= 0.3 is 0 Å². The van der Waals surface area contributed by atoms with E-state index in [1.807, 2.05) is 4.90 Å². The Bertz CT molecular complexity index is 965. The third-order valence-electron chi connectivity index (χ3n) is 5.14. The maximum Gasteiger partial charge on any atom is 0.278 e. The highest BCUT2D eigenvalue weighted by Gasteiger charge is 2.42. The van der Waals surface area contributed by atoms with Crippen LogP contribution in [-0.4, -0.2) is 55.0 Å². The molecule has 2 aliphatic rings. The van der Waals surface area contributed by atoms with Gasteiger partial charge in [0.25, 0.3) is 11.8 Å². The van der Waals surface area contributed by atoms with Crippen molar-refractivity contribution < 1.29 is 23.5 Å². The fourth-order valence-electron chi connectivity index (χ4n) is 3.60. The molecule has 1 saturated heterocycles. The summed E-state index contributed by atoms with van der Waals surface area (Å²) in [6.45, 7) is 1.88. The van der Waals surface area contributed by atoms with Crippen LogP contribution in [0.3, 0.4) is 0 Å². The van der Waals surface area contributed by atoms with Crippen LogP contribution in [0.2, 0.25) is 0 Å². The molecular weight excluding hydrogens is 375 g/mol. The molecule has 7 heteroatoms. The average molecular weight is 396 g/mol. The van der Waals surface area contributed by atoms with Gasteiger partial charge in [0.2, 0.25) is 0 Å². The van der Waals surface area contributed by atoms with Crippen LogP contribution >= 0.6 is 0 Å². The summed E-state index contributed by atoms with van der Waals surface area (Å²) in [6.07, 6.45) is 0. The number of ether oxygens (including phenoxy) is 2. The van der Waals surface area contributed by atoms with E-state index in [0.29, 0.717) is 54.4 Å². The molecular formula is C22H21FN2O4. The third kappa shape index (κ3) is 3.61. The van der Waals surface area contributed by atoms with Crippen molar-refractivity contribution in [1.82, 2.24) is 9.80 Å². The summed E-state index contributed by atoms with van der Waals surface area (Å²) >= 11 is 0. The molecule has 0 bridgehead atoms. The van der Waals surface area contributed by atoms with Gasteiger partial charge in [0, 0.05) is 18.7 Å². The quantitative estimate of drug-likeness (QED) is 0.727. The van der Waals surface area contributed by atoms with E-state index >= 15 is 0 Å². The van der Waals surface area contributed by atoms with E-state index in [0.717, 1.165) is 4.90 Å². The lowest BCUT2D eigenvalue weighted by atomic mass is 10.0. The van der Waals surface area contributed by atoms with Crippen molar-refractivity contribution in [3.63, 3.8) is 0 Å². The Labute approximate surface area is 168 Å². The largest absolute Gasteiger partial charge is 0.497 e. The van der Waals surface area contributed by atoms with E-state index in [2.05, 4.69) is 0 Å². The lowest BCUT2D eigenvalue weighted by Gasteiger charge is -2.29. The van der Waals surface area contributed by atoms with E-state index < -0.39 is 17.6 Å². The van der Waals surface area contributed by atoms with Gasteiger partial charge in [0.15, 0.2) is 0 Å². The molecule has 29 heavy (non-hydrogen) atoms. The highest BCUT2D eigenvalue weighted by molar-refractivity contribution is 6.35. The number of rotatable bonds is 5. The maximum atomic E-state index is 14.1. The van der Waals surface area contributed by atoms with Crippen LogP contribution in [0.1, 0.15) is 11.1 Å². The van der Waals surface area contributed by atoms with E-state index in [1.165, 1.54) is 6.07 Å². The van der Waals surface area contributed by atoms with Crippen molar-refractivity contribution in [3.05, 3.63) is 71.2 Å². The van der Waals surface area contributed by atoms with Crippen LogP contribution in [-0.2, 0) is 20.9 Å². The number of carbonyl (C=O) groups is 2. The minimum atomic E-state index is -0.445. The van der Waals surface area contributed by atoms with Crippen molar-refractivity contribution >= 4 is 17.4 Å². The Morgan fingerprint density at radius 1 is 1.00 bits per heavy atom. The number of amides is 2. The molecule has 2 amide bonds. The highest BCUT2D eigenvalue weighted by Crippen LogP contribution is 2.34. The van der Waals surface area contributed by atoms with Gasteiger partial charge in [-0.25, -0.2) is 4.39 Å². The van der Waals surface area contributed by atoms with Crippen molar-refractivity contribution in [2.24, 2.45) is 0 Å². The summed E-state index contributed by atoms with van der Waals surface area (Å²) in [5.74, 6) is -0.628. The van der Waals surface area contributed by atoms with Gasteiger partial charge in [-0.3, -0.25) is 14.5 Å². The zero-order valence-corrected chi connectivity index (χ0v) is 16.1. The molecule has 2 aromatic rings. The van der Waals surface area contributed by atoms with Gasteiger partial charge in [0.1, 0.15) is 17.3 Å². The Kier molecular flexibility index (Phi) is 5.31. The van der Waals surface area contributed by atoms with Gasteiger partial charge in [-0.2, -0.15) is 0 Å². The molecule has 0 atom stereocenters. The summed E-state index contributed by atoms with van der Waals surface area (Å²) in [4.78, 5) is 29.5. The van der Waals surface area contributed by atoms with Crippen LogP contribution in [0.15, 0.2) is 54.2 Å². The number of hydrogen-bond acceptors (Lipinski definition) is 5. The molecule has 0 spiro atoms. The summed E-state index contributed by atoms with van der Waals surface area (Å²) in [7, 11) is 1.56. The zero-order valence-electron chi connectivity index (χ0n) is 16.1. The molecule has 150 valence electrons. The number of hydrogen-bond donors (Lipinski definition) is 0. The minimum Gasteiger partial charge on any atom is -0.497 e. The molecule has 6 nitrogen and oxygen atoms in total. The predicted octanol–water partition coefficient (Wildman–Crippen LogP) is 2.45. The second-order valence-electron chi connectivity index (χ2n) is 6.84. The molecule has 2 aliphatic heterocycles. The SMILES string of the molecule is COc1ccc(C2=C(N3CCOCC3)C(=O)N(Cc3ccccc3F)C2=O)cc1. The first kappa shape index (κ1) is 19.1. The molecule has 2 aromatic carbocycles. The topological polar surface area (TPSA) is 59.1 Å². The normalized spacial score (nSPS) is 17.3. The average Bonchev–Trinajstić information content (AvgIpc) is 3.00. The Morgan fingerprint density at radius 3 is 2.34 bits per heavy atom. The fraction of sp³-hybridized carbons (Fsp3) is 0.273. The van der Waals surface area contributed by atoms with Gasteiger partial charge in [-0.15, -0.1) is 0 Å².